The summed E-state index contributed by atoms with van der Waals surface area (Å²) in [4.78, 5) is 4.56. The highest BCUT2D eigenvalue weighted by molar-refractivity contribution is 8.00. The standard InChI is InChI=1S/C10H7N3S4/c14-9-13-12-8(17-9)5-15-10-11-6-3-1-2-4-7(6)16-10/h1-4H,5H2,(H,13,14). The lowest BCUT2D eigenvalue weighted by atomic mass is 10.3. The molecule has 2 aromatic heterocycles. The van der Waals surface area contributed by atoms with E-state index in [0.29, 0.717) is 0 Å². The Morgan fingerprint density at radius 3 is 2.94 bits per heavy atom. The normalized spacial score (nSPS) is 11.1. The summed E-state index contributed by atoms with van der Waals surface area (Å²) >= 11 is 9.93. The van der Waals surface area contributed by atoms with Crippen molar-refractivity contribution >= 4 is 56.9 Å². The average molecular weight is 297 g/mol. The monoisotopic (exact) mass is 297 g/mol. The van der Waals surface area contributed by atoms with E-state index in [1.165, 1.54) is 16.0 Å². The maximum absolute atomic E-state index is 4.99. The summed E-state index contributed by atoms with van der Waals surface area (Å²) in [5.74, 6) is 0.817. The maximum atomic E-state index is 4.99. The summed E-state index contributed by atoms with van der Waals surface area (Å²) in [6.07, 6.45) is 0. The lowest BCUT2D eigenvalue weighted by molar-refractivity contribution is 1.03. The number of nitrogens with zero attached hydrogens (tertiary/aromatic N) is 2. The van der Waals surface area contributed by atoms with Crippen molar-refractivity contribution in [2.24, 2.45) is 0 Å². The molecule has 17 heavy (non-hydrogen) atoms. The molecule has 86 valence electrons. The molecule has 0 aliphatic heterocycles. The Labute approximate surface area is 115 Å². The van der Waals surface area contributed by atoms with Crippen molar-refractivity contribution in [3.8, 4) is 0 Å². The lowest BCUT2D eigenvalue weighted by Crippen LogP contribution is -1.78. The van der Waals surface area contributed by atoms with Gasteiger partial charge in [0.2, 0.25) is 0 Å². The maximum Gasteiger partial charge on any atom is 0.176 e. The molecule has 0 atom stereocenters. The highest BCUT2D eigenvalue weighted by Gasteiger charge is 2.05. The van der Waals surface area contributed by atoms with Gasteiger partial charge in [-0.2, -0.15) is 5.10 Å². The van der Waals surface area contributed by atoms with Crippen LogP contribution in [0.25, 0.3) is 10.2 Å². The van der Waals surface area contributed by atoms with E-state index in [1.807, 2.05) is 18.2 Å². The summed E-state index contributed by atoms with van der Waals surface area (Å²) in [5, 5.41) is 7.93. The minimum Gasteiger partial charge on any atom is -0.258 e. The zero-order valence-electron chi connectivity index (χ0n) is 8.54. The third-order valence-electron chi connectivity index (χ3n) is 2.08. The highest BCUT2D eigenvalue weighted by Crippen LogP contribution is 2.31. The van der Waals surface area contributed by atoms with Crippen LogP contribution in [-0.4, -0.2) is 15.2 Å². The summed E-state index contributed by atoms with van der Waals surface area (Å²) in [6, 6.07) is 8.17. The van der Waals surface area contributed by atoms with Crippen LogP contribution in [0.5, 0.6) is 0 Å². The van der Waals surface area contributed by atoms with E-state index in [-0.39, 0.29) is 0 Å². The molecule has 0 saturated heterocycles. The van der Waals surface area contributed by atoms with Gasteiger partial charge in [-0.05, 0) is 24.4 Å². The second-order valence-corrected chi connectivity index (χ2v) is 7.25. The first-order valence-electron chi connectivity index (χ1n) is 4.84. The number of aromatic amines is 1. The number of aromatic nitrogens is 3. The van der Waals surface area contributed by atoms with Crippen LogP contribution in [0.1, 0.15) is 5.01 Å². The third kappa shape index (κ3) is 2.57. The molecule has 7 heteroatoms. The van der Waals surface area contributed by atoms with Crippen LogP contribution in [0.3, 0.4) is 0 Å². The molecule has 0 aliphatic rings. The molecule has 0 amide bonds. The fourth-order valence-electron chi connectivity index (χ4n) is 1.36. The van der Waals surface area contributed by atoms with Gasteiger partial charge in [0.25, 0.3) is 0 Å². The summed E-state index contributed by atoms with van der Waals surface area (Å²) in [5.41, 5.74) is 1.06. The first-order chi connectivity index (χ1) is 8.31. The molecule has 0 fully saturated rings. The third-order valence-corrected chi connectivity index (χ3v) is 5.54. The van der Waals surface area contributed by atoms with Gasteiger partial charge in [-0.25, -0.2) is 4.98 Å². The van der Waals surface area contributed by atoms with Crippen LogP contribution in [0.2, 0.25) is 0 Å². The van der Waals surface area contributed by atoms with Crippen molar-refractivity contribution in [1.82, 2.24) is 15.2 Å². The number of nitrogens with one attached hydrogen (secondary N) is 1. The fourth-order valence-corrected chi connectivity index (χ4v) is 4.36. The second kappa shape index (κ2) is 4.85. The Balaban J connectivity index is 1.78. The Kier molecular flexibility index (Phi) is 3.24. The molecule has 0 spiro atoms. The molecule has 0 saturated carbocycles. The Morgan fingerprint density at radius 1 is 1.29 bits per heavy atom. The van der Waals surface area contributed by atoms with Crippen molar-refractivity contribution < 1.29 is 0 Å². The van der Waals surface area contributed by atoms with Crippen molar-refractivity contribution in [2.45, 2.75) is 10.1 Å². The molecular weight excluding hydrogens is 290 g/mol. The van der Waals surface area contributed by atoms with Crippen molar-refractivity contribution in [3.63, 3.8) is 0 Å². The Morgan fingerprint density at radius 2 is 2.18 bits per heavy atom. The average Bonchev–Trinajstić information content (AvgIpc) is 2.91. The van der Waals surface area contributed by atoms with Gasteiger partial charge in [-0.1, -0.05) is 35.2 Å². The zero-order valence-corrected chi connectivity index (χ0v) is 11.8. The van der Waals surface area contributed by atoms with Crippen molar-refractivity contribution in [3.05, 3.63) is 33.2 Å². The SMILES string of the molecule is S=c1[nH]nc(CSc2nc3ccccc3s2)s1. The highest BCUT2D eigenvalue weighted by atomic mass is 32.2. The number of thioether (sulfide) groups is 1. The number of H-pyrrole nitrogens is 1. The molecule has 1 N–H and O–H groups in total. The van der Waals surface area contributed by atoms with Crippen LogP contribution < -0.4 is 0 Å². The zero-order chi connectivity index (χ0) is 11.7. The van der Waals surface area contributed by atoms with Gasteiger partial charge >= 0.3 is 0 Å². The second-order valence-electron chi connectivity index (χ2n) is 3.24. The molecule has 2 heterocycles. The van der Waals surface area contributed by atoms with E-state index < -0.39 is 0 Å². The van der Waals surface area contributed by atoms with Crippen molar-refractivity contribution in [2.75, 3.05) is 0 Å². The summed E-state index contributed by atoms with van der Waals surface area (Å²) in [7, 11) is 0. The lowest BCUT2D eigenvalue weighted by Gasteiger charge is -1.90. The summed E-state index contributed by atoms with van der Waals surface area (Å²) < 4.78 is 3.03. The topological polar surface area (TPSA) is 41.6 Å². The first-order valence-corrected chi connectivity index (χ1v) is 7.87. The summed E-state index contributed by atoms with van der Waals surface area (Å²) in [6.45, 7) is 0. The minimum absolute atomic E-state index is 0.727. The van der Waals surface area contributed by atoms with E-state index in [0.717, 1.165) is 24.6 Å². The fraction of sp³-hybridized carbons (Fsp3) is 0.100. The van der Waals surface area contributed by atoms with Gasteiger partial charge in [0.15, 0.2) is 8.29 Å². The van der Waals surface area contributed by atoms with Crippen LogP contribution in [0.15, 0.2) is 28.6 Å². The largest absolute Gasteiger partial charge is 0.258 e. The Bertz CT molecular complexity index is 663. The molecule has 0 unspecified atom stereocenters. The van der Waals surface area contributed by atoms with Crippen molar-refractivity contribution in [1.29, 1.82) is 0 Å². The number of thiazole rings is 1. The number of hydrogen-bond donors (Lipinski definition) is 1. The van der Waals surface area contributed by atoms with Gasteiger partial charge in [0.05, 0.1) is 16.0 Å². The van der Waals surface area contributed by atoms with Crippen LogP contribution in [0, 0.1) is 3.95 Å². The van der Waals surface area contributed by atoms with Crippen LogP contribution >= 0.6 is 46.7 Å². The molecule has 0 bridgehead atoms. The van der Waals surface area contributed by atoms with Gasteiger partial charge in [-0.3, -0.25) is 5.10 Å². The van der Waals surface area contributed by atoms with E-state index in [4.69, 9.17) is 12.2 Å². The molecule has 0 aliphatic carbocycles. The number of fused-ring (bicyclic) bond motifs is 1. The van der Waals surface area contributed by atoms with Gasteiger partial charge in [-0.15, -0.1) is 11.3 Å². The minimum atomic E-state index is 0.727. The predicted molar refractivity (Wildman–Crippen MR) is 76.5 cm³/mol. The van der Waals surface area contributed by atoms with E-state index in [1.54, 1.807) is 23.1 Å². The van der Waals surface area contributed by atoms with E-state index in [9.17, 15) is 0 Å². The molecule has 3 aromatic rings. The number of rotatable bonds is 3. The van der Waals surface area contributed by atoms with E-state index in [2.05, 4.69) is 21.2 Å². The predicted octanol–water partition coefficient (Wildman–Crippen LogP) is 4.10. The van der Waals surface area contributed by atoms with Crippen LogP contribution in [0.4, 0.5) is 0 Å². The molecule has 0 radical (unpaired) electrons. The quantitative estimate of drug-likeness (QED) is 0.583. The van der Waals surface area contributed by atoms with Gasteiger partial charge < -0.3 is 0 Å². The van der Waals surface area contributed by atoms with Gasteiger partial charge in [0, 0.05) is 0 Å². The number of hydrogen-bond acceptors (Lipinski definition) is 6. The smallest absolute Gasteiger partial charge is 0.176 e. The van der Waals surface area contributed by atoms with Crippen LogP contribution in [-0.2, 0) is 5.75 Å². The molecule has 3 rings (SSSR count). The van der Waals surface area contributed by atoms with Gasteiger partial charge in [0.1, 0.15) is 5.01 Å². The van der Waals surface area contributed by atoms with E-state index >= 15 is 0 Å². The first kappa shape index (κ1) is 11.3. The Hall–Kier alpha value is -0.760. The molecule has 1 aromatic carbocycles. The number of para-hydroxylation sites is 1. The number of benzene rings is 1. The molecule has 3 nitrogen and oxygen atoms in total. The molecular formula is C10H7N3S4.